The lowest BCUT2D eigenvalue weighted by Crippen LogP contribution is -2.37. The highest BCUT2D eigenvalue weighted by Crippen LogP contribution is 2.17. The highest BCUT2D eigenvalue weighted by Gasteiger charge is 2.15. The largest absolute Gasteiger partial charge is 0.382 e. The first kappa shape index (κ1) is 13.3. The first-order valence-corrected chi connectivity index (χ1v) is 6.60. The topological polar surface area (TPSA) is 24.1 Å². The molecule has 2 rings (SSSR count). The zero-order chi connectivity index (χ0) is 13.0. The van der Waals surface area contributed by atoms with Gasteiger partial charge in [-0.3, -0.25) is 0 Å². The Kier molecular flexibility index (Phi) is 4.53. The molecule has 1 fully saturated rings. The molecular weight excluding hydrogens is 234 g/mol. The highest BCUT2D eigenvalue weighted by atomic mass is 19.2. The SMILES string of the molecule is CC(CC1CCCCN1)Nc1ccc(F)c(F)c1. The fourth-order valence-electron chi connectivity index (χ4n) is 2.48. The molecule has 1 aromatic rings. The van der Waals surface area contributed by atoms with Gasteiger partial charge < -0.3 is 10.6 Å². The summed E-state index contributed by atoms with van der Waals surface area (Å²) in [6.07, 6.45) is 4.72. The summed E-state index contributed by atoms with van der Waals surface area (Å²) in [4.78, 5) is 0. The van der Waals surface area contributed by atoms with Crippen LogP contribution in [0.2, 0.25) is 0 Å². The second-order valence-electron chi connectivity index (χ2n) is 5.06. The summed E-state index contributed by atoms with van der Waals surface area (Å²) >= 11 is 0. The number of benzene rings is 1. The molecule has 2 atom stereocenters. The second-order valence-corrected chi connectivity index (χ2v) is 5.06. The van der Waals surface area contributed by atoms with E-state index in [9.17, 15) is 8.78 Å². The van der Waals surface area contributed by atoms with Gasteiger partial charge in [0, 0.05) is 23.8 Å². The van der Waals surface area contributed by atoms with Crippen LogP contribution in [0, 0.1) is 11.6 Å². The van der Waals surface area contributed by atoms with Crippen molar-refractivity contribution < 1.29 is 8.78 Å². The number of piperidine rings is 1. The summed E-state index contributed by atoms with van der Waals surface area (Å²) in [5.74, 6) is -1.61. The van der Waals surface area contributed by atoms with Crippen LogP contribution in [-0.4, -0.2) is 18.6 Å². The molecule has 0 amide bonds. The Hall–Kier alpha value is -1.16. The Labute approximate surface area is 107 Å². The fourth-order valence-corrected chi connectivity index (χ4v) is 2.48. The van der Waals surface area contributed by atoms with Crippen molar-refractivity contribution in [2.75, 3.05) is 11.9 Å². The monoisotopic (exact) mass is 254 g/mol. The van der Waals surface area contributed by atoms with Gasteiger partial charge in [-0.15, -0.1) is 0 Å². The molecule has 0 aromatic heterocycles. The van der Waals surface area contributed by atoms with Crippen LogP contribution in [0.1, 0.15) is 32.6 Å². The van der Waals surface area contributed by atoms with Gasteiger partial charge in [0.25, 0.3) is 0 Å². The minimum Gasteiger partial charge on any atom is -0.382 e. The first-order chi connectivity index (χ1) is 8.65. The van der Waals surface area contributed by atoms with Gasteiger partial charge >= 0.3 is 0 Å². The predicted octanol–water partition coefficient (Wildman–Crippen LogP) is 3.30. The van der Waals surface area contributed by atoms with Crippen LogP contribution in [0.25, 0.3) is 0 Å². The lowest BCUT2D eigenvalue weighted by atomic mass is 9.98. The van der Waals surface area contributed by atoms with Crippen molar-refractivity contribution in [3.05, 3.63) is 29.8 Å². The van der Waals surface area contributed by atoms with E-state index in [1.165, 1.54) is 25.3 Å². The van der Waals surface area contributed by atoms with E-state index < -0.39 is 11.6 Å². The fraction of sp³-hybridized carbons (Fsp3) is 0.571. The van der Waals surface area contributed by atoms with Crippen LogP contribution in [0.4, 0.5) is 14.5 Å². The second kappa shape index (κ2) is 6.14. The van der Waals surface area contributed by atoms with Crippen molar-refractivity contribution in [3.63, 3.8) is 0 Å². The molecule has 0 bridgehead atoms. The predicted molar refractivity (Wildman–Crippen MR) is 69.7 cm³/mol. The normalized spacial score (nSPS) is 21.6. The maximum atomic E-state index is 13.1. The summed E-state index contributed by atoms with van der Waals surface area (Å²) in [5, 5.41) is 6.69. The number of anilines is 1. The Morgan fingerprint density at radius 1 is 1.33 bits per heavy atom. The highest BCUT2D eigenvalue weighted by molar-refractivity contribution is 5.44. The van der Waals surface area contributed by atoms with Crippen molar-refractivity contribution >= 4 is 5.69 Å². The van der Waals surface area contributed by atoms with Crippen LogP contribution < -0.4 is 10.6 Å². The van der Waals surface area contributed by atoms with E-state index in [4.69, 9.17) is 0 Å². The van der Waals surface area contributed by atoms with E-state index in [0.29, 0.717) is 11.7 Å². The van der Waals surface area contributed by atoms with Crippen LogP contribution >= 0.6 is 0 Å². The molecule has 0 saturated carbocycles. The van der Waals surface area contributed by atoms with E-state index in [1.807, 2.05) is 0 Å². The van der Waals surface area contributed by atoms with Crippen LogP contribution in [0.5, 0.6) is 0 Å². The summed E-state index contributed by atoms with van der Waals surface area (Å²) in [6, 6.07) is 4.71. The van der Waals surface area contributed by atoms with Gasteiger partial charge in [0.2, 0.25) is 0 Å². The molecule has 0 radical (unpaired) electrons. The number of hydrogen-bond acceptors (Lipinski definition) is 2. The van der Waals surface area contributed by atoms with Crippen LogP contribution in [0.15, 0.2) is 18.2 Å². The van der Waals surface area contributed by atoms with Crippen molar-refractivity contribution in [2.45, 2.75) is 44.7 Å². The average molecular weight is 254 g/mol. The Morgan fingerprint density at radius 2 is 2.17 bits per heavy atom. The molecular formula is C14H20F2N2. The smallest absolute Gasteiger partial charge is 0.160 e. The number of rotatable bonds is 4. The van der Waals surface area contributed by atoms with Gasteiger partial charge in [0.1, 0.15) is 0 Å². The zero-order valence-electron chi connectivity index (χ0n) is 10.7. The van der Waals surface area contributed by atoms with E-state index in [2.05, 4.69) is 17.6 Å². The van der Waals surface area contributed by atoms with E-state index in [-0.39, 0.29) is 6.04 Å². The van der Waals surface area contributed by atoms with Crippen molar-refractivity contribution in [1.29, 1.82) is 0 Å². The van der Waals surface area contributed by atoms with Crippen molar-refractivity contribution in [3.8, 4) is 0 Å². The summed E-state index contributed by atoms with van der Waals surface area (Å²) in [6.45, 7) is 3.15. The molecule has 1 aliphatic rings. The van der Waals surface area contributed by atoms with Crippen LogP contribution in [0.3, 0.4) is 0 Å². The summed E-state index contributed by atoms with van der Waals surface area (Å²) < 4.78 is 25.9. The molecule has 1 saturated heterocycles. The lowest BCUT2D eigenvalue weighted by molar-refractivity contribution is 0.371. The molecule has 2 unspecified atom stereocenters. The molecule has 0 spiro atoms. The average Bonchev–Trinajstić information content (AvgIpc) is 2.35. The van der Waals surface area contributed by atoms with Gasteiger partial charge in [0.15, 0.2) is 11.6 Å². The first-order valence-electron chi connectivity index (χ1n) is 6.60. The summed E-state index contributed by atoms with van der Waals surface area (Å²) in [5.41, 5.74) is 0.636. The third-order valence-corrected chi connectivity index (χ3v) is 3.38. The molecule has 0 aliphatic carbocycles. The third-order valence-electron chi connectivity index (χ3n) is 3.38. The van der Waals surface area contributed by atoms with Crippen molar-refractivity contribution in [2.24, 2.45) is 0 Å². The zero-order valence-corrected chi connectivity index (χ0v) is 10.7. The Bertz CT molecular complexity index is 389. The molecule has 1 aromatic carbocycles. The minimum atomic E-state index is -0.804. The van der Waals surface area contributed by atoms with Crippen LogP contribution in [-0.2, 0) is 0 Å². The van der Waals surface area contributed by atoms with Gasteiger partial charge in [0.05, 0.1) is 0 Å². The maximum absolute atomic E-state index is 13.1. The Balaban J connectivity index is 1.85. The van der Waals surface area contributed by atoms with Gasteiger partial charge in [-0.2, -0.15) is 0 Å². The molecule has 1 aliphatic heterocycles. The number of nitrogens with one attached hydrogen (secondary N) is 2. The minimum absolute atomic E-state index is 0.241. The van der Waals surface area contributed by atoms with Crippen molar-refractivity contribution in [1.82, 2.24) is 5.32 Å². The van der Waals surface area contributed by atoms with E-state index in [0.717, 1.165) is 19.0 Å². The molecule has 18 heavy (non-hydrogen) atoms. The van der Waals surface area contributed by atoms with Gasteiger partial charge in [-0.05, 0) is 44.9 Å². The quantitative estimate of drug-likeness (QED) is 0.861. The maximum Gasteiger partial charge on any atom is 0.160 e. The molecule has 1 heterocycles. The van der Waals surface area contributed by atoms with E-state index >= 15 is 0 Å². The van der Waals surface area contributed by atoms with Gasteiger partial charge in [-0.25, -0.2) is 8.78 Å². The molecule has 2 N–H and O–H groups in total. The molecule has 100 valence electrons. The molecule has 4 heteroatoms. The number of halogens is 2. The standard InChI is InChI=1S/C14H20F2N2/c1-10(8-11-4-2-3-7-17-11)18-12-5-6-13(15)14(16)9-12/h5-6,9-11,17-18H,2-4,7-8H2,1H3. The molecule has 2 nitrogen and oxygen atoms in total. The van der Waals surface area contributed by atoms with E-state index in [1.54, 1.807) is 6.07 Å². The Morgan fingerprint density at radius 3 is 2.83 bits per heavy atom. The van der Waals surface area contributed by atoms with Gasteiger partial charge in [-0.1, -0.05) is 6.42 Å². The number of hydrogen-bond donors (Lipinski definition) is 2. The summed E-state index contributed by atoms with van der Waals surface area (Å²) in [7, 11) is 0. The lowest BCUT2D eigenvalue weighted by Gasteiger charge is -2.27. The third kappa shape index (κ3) is 3.67.